The molecule has 0 bridgehead atoms. The zero-order valence-electron chi connectivity index (χ0n) is 10.3. The Labute approximate surface area is 101 Å². The fourth-order valence-corrected chi connectivity index (χ4v) is 1.45. The van der Waals surface area contributed by atoms with Crippen LogP contribution in [0.4, 0.5) is 0 Å². The number of hydrogen-bond acceptors (Lipinski definition) is 4. The van der Waals surface area contributed by atoms with Gasteiger partial charge in [0, 0.05) is 0 Å². The quantitative estimate of drug-likeness (QED) is 0.780. The summed E-state index contributed by atoms with van der Waals surface area (Å²) in [5, 5.41) is 19.6. The molecule has 0 aromatic heterocycles. The minimum atomic E-state index is -1.31. The predicted octanol–water partition coefficient (Wildman–Crippen LogP) is 1.51. The maximum Gasteiger partial charge on any atom is 0.339 e. The highest BCUT2D eigenvalue weighted by Crippen LogP contribution is 2.23. The van der Waals surface area contributed by atoms with Crippen molar-refractivity contribution in [3.63, 3.8) is 0 Å². The second kappa shape index (κ2) is 5.29. The molecule has 1 aromatic carbocycles. The molecule has 0 aliphatic rings. The van der Waals surface area contributed by atoms with Crippen LogP contribution < -0.4 is 0 Å². The number of benzene rings is 1. The van der Waals surface area contributed by atoms with Gasteiger partial charge in [0.1, 0.15) is 0 Å². The molecule has 0 aliphatic carbocycles. The Hall–Kier alpha value is -1.39. The second-order valence-corrected chi connectivity index (χ2v) is 4.34. The van der Waals surface area contributed by atoms with E-state index in [1.165, 1.54) is 0 Å². The van der Waals surface area contributed by atoms with E-state index in [4.69, 9.17) is 4.74 Å². The van der Waals surface area contributed by atoms with E-state index < -0.39 is 17.7 Å². The first kappa shape index (κ1) is 13.7. The third-order valence-corrected chi connectivity index (χ3v) is 2.42. The normalized spacial score (nSPS) is 13.2. The van der Waals surface area contributed by atoms with Gasteiger partial charge in [-0.25, -0.2) is 4.79 Å². The molecule has 1 aromatic rings. The molecule has 0 saturated carbocycles. The van der Waals surface area contributed by atoms with Crippen molar-refractivity contribution in [1.29, 1.82) is 0 Å². The van der Waals surface area contributed by atoms with E-state index in [-0.39, 0.29) is 6.61 Å². The molecular formula is C13H18O4. The number of ether oxygens (including phenoxy) is 1. The molecule has 4 heteroatoms. The molecule has 0 radical (unpaired) electrons. The number of aliphatic hydroxyl groups excluding tert-OH is 1. The summed E-state index contributed by atoms with van der Waals surface area (Å²) in [4.78, 5) is 11.4. The van der Waals surface area contributed by atoms with Gasteiger partial charge in [0.05, 0.1) is 12.2 Å². The maximum atomic E-state index is 11.4. The van der Waals surface area contributed by atoms with E-state index in [1.807, 2.05) is 0 Å². The molecule has 0 spiro atoms. The Bertz CT molecular complexity index is 393. The summed E-state index contributed by atoms with van der Waals surface area (Å²) in [5.41, 5.74) is 0.0473. The smallest absolute Gasteiger partial charge is 0.339 e. The van der Waals surface area contributed by atoms with Gasteiger partial charge in [-0.3, -0.25) is 0 Å². The molecule has 2 N–H and O–H groups in total. The van der Waals surface area contributed by atoms with E-state index >= 15 is 0 Å². The SMILES string of the molecule is CCOC(=O)C(O)c1cccc(C(C)(C)O)c1. The van der Waals surface area contributed by atoms with Crippen LogP contribution in [-0.4, -0.2) is 22.8 Å². The lowest BCUT2D eigenvalue weighted by molar-refractivity contribution is -0.153. The summed E-state index contributed by atoms with van der Waals surface area (Å²) < 4.78 is 4.73. The van der Waals surface area contributed by atoms with E-state index in [1.54, 1.807) is 45.0 Å². The van der Waals surface area contributed by atoms with Crippen LogP contribution in [0.3, 0.4) is 0 Å². The van der Waals surface area contributed by atoms with Gasteiger partial charge in [-0.2, -0.15) is 0 Å². The van der Waals surface area contributed by atoms with Crippen LogP contribution in [0.1, 0.15) is 38.0 Å². The molecule has 0 fully saturated rings. The summed E-state index contributed by atoms with van der Waals surface area (Å²) in [6.07, 6.45) is -1.31. The molecule has 4 nitrogen and oxygen atoms in total. The lowest BCUT2D eigenvalue weighted by atomic mass is 9.95. The van der Waals surface area contributed by atoms with Crippen molar-refractivity contribution >= 4 is 5.97 Å². The van der Waals surface area contributed by atoms with Gasteiger partial charge in [-0.05, 0) is 38.0 Å². The van der Waals surface area contributed by atoms with E-state index in [0.717, 1.165) is 0 Å². The number of rotatable bonds is 4. The molecule has 0 heterocycles. The topological polar surface area (TPSA) is 66.8 Å². The number of carbonyl (C=O) groups is 1. The third-order valence-electron chi connectivity index (χ3n) is 2.42. The summed E-state index contributed by atoms with van der Waals surface area (Å²) in [7, 11) is 0. The molecule has 17 heavy (non-hydrogen) atoms. The van der Waals surface area contributed by atoms with Crippen LogP contribution in [-0.2, 0) is 15.1 Å². The van der Waals surface area contributed by atoms with Gasteiger partial charge >= 0.3 is 5.97 Å². The van der Waals surface area contributed by atoms with Crippen LogP contribution in [0.15, 0.2) is 24.3 Å². The lowest BCUT2D eigenvalue weighted by Gasteiger charge is -2.19. The van der Waals surface area contributed by atoms with Crippen molar-refractivity contribution in [2.24, 2.45) is 0 Å². The fourth-order valence-electron chi connectivity index (χ4n) is 1.45. The standard InChI is InChI=1S/C13H18O4/c1-4-17-12(15)11(14)9-6-5-7-10(8-9)13(2,3)16/h5-8,11,14,16H,4H2,1-3H3. The van der Waals surface area contributed by atoms with Gasteiger partial charge in [0.15, 0.2) is 6.10 Å². The third kappa shape index (κ3) is 3.54. The van der Waals surface area contributed by atoms with Crippen molar-refractivity contribution in [1.82, 2.24) is 0 Å². The molecule has 1 unspecified atom stereocenters. The van der Waals surface area contributed by atoms with Crippen LogP contribution in [0.5, 0.6) is 0 Å². The molecule has 1 rings (SSSR count). The maximum absolute atomic E-state index is 11.4. The monoisotopic (exact) mass is 238 g/mol. The van der Waals surface area contributed by atoms with Crippen LogP contribution in [0.25, 0.3) is 0 Å². The molecule has 1 atom stereocenters. The molecule has 0 amide bonds. The van der Waals surface area contributed by atoms with Crippen LogP contribution in [0.2, 0.25) is 0 Å². The first-order chi connectivity index (χ1) is 7.86. The Balaban J connectivity index is 2.96. The van der Waals surface area contributed by atoms with Gasteiger partial charge in [0.25, 0.3) is 0 Å². The lowest BCUT2D eigenvalue weighted by Crippen LogP contribution is -2.18. The summed E-state index contributed by atoms with van der Waals surface area (Å²) in [6.45, 7) is 5.19. The zero-order chi connectivity index (χ0) is 13.1. The van der Waals surface area contributed by atoms with Gasteiger partial charge in [0.2, 0.25) is 0 Å². The average Bonchev–Trinajstić information content (AvgIpc) is 2.27. The summed E-state index contributed by atoms with van der Waals surface area (Å²) >= 11 is 0. The molecule has 0 aliphatic heterocycles. The highest BCUT2D eigenvalue weighted by atomic mass is 16.5. The van der Waals surface area contributed by atoms with Gasteiger partial charge in [-0.15, -0.1) is 0 Å². The molecule has 0 saturated heterocycles. The van der Waals surface area contributed by atoms with Crippen molar-refractivity contribution in [3.8, 4) is 0 Å². The fraction of sp³-hybridized carbons (Fsp3) is 0.462. The highest BCUT2D eigenvalue weighted by Gasteiger charge is 2.22. The first-order valence-electron chi connectivity index (χ1n) is 5.53. The Morgan fingerprint density at radius 2 is 2.12 bits per heavy atom. The zero-order valence-corrected chi connectivity index (χ0v) is 10.3. The highest BCUT2D eigenvalue weighted by molar-refractivity contribution is 5.76. The van der Waals surface area contributed by atoms with E-state index in [2.05, 4.69) is 0 Å². The minimum absolute atomic E-state index is 0.223. The van der Waals surface area contributed by atoms with Gasteiger partial charge in [-0.1, -0.05) is 18.2 Å². The number of esters is 1. The minimum Gasteiger partial charge on any atom is -0.464 e. The Morgan fingerprint density at radius 3 is 2.65 bits per heavy atom. The average molecular weight is 238 g/mol. The Kier molecular flexibility index (Phi) is 4.26. The number of carbonyl (C=O) groups excluding carboxylic acids is 1. The van der Waals surface area contributed by atoms with E-state index in [9.17, 15) is 15.0 Å². The van der Waals surface area contributed by atoms with Crippen molar-refractivity contribution in [2.75, 3.05) is 6.61 Å². The second-order valence-electron chi connectivity index (χ2n) is 4.34. The van der Waals surface area contributed by atoms with Crippen molar-refractivity contribution in [2.45, 2.75) is 32.5 Å². The van der Waals surface area contributed by atoms with Crippen LogP contribution >= 0.6 is 0 Å². The van der Waals surface area contributed by atoms with E-state index in [0.29, 0.717) is 11.1 Å². The first-order valence-corrected chi connectivity index (χ1v) is 5.53. The predicted molar refractivity (Wildman–Crippen MR) is 63.3 cm³/mol. The Morgan fingerprint density at radius 1 is 1.47 bits per heavy atom. The molecular weight excluding hydrogens is 220 g/mol. The summed E-state index contributed by atoms with van der Waals surface area (Å²) in [5.74, 6) is -0.680. The number of hydrogen-bond donors (Lipinski definition) is 2. The van der Waals surface area contributed by atoms with Gasteiger partial charge < -0.3 is 14.9 Å². The number of aliphatic hydroxyl groups is 2. The largest absolute Gasteiger partial charge is 0.464 e. The van der Waals surface area contributed by atoms with Crippen molar-refractivity contribution < 1.29 is 19.7 Å². The summed E-state index contributed by atoms with van der Waals surface area (Å²) in [6, 6.07) is 6.64. The van der Waals surface area contributed by atoms with Crippen LogP contribution in [0, 0.1) is 0 Å². The molecule has 94 valence electrons. The van der Waals surface area contributed by atoms with Crippen molar-refractivity contribution in [3.05, 3.63) is 35.4 Å².